The lowest BCUT2D eigenvalue weighted by Gasteiger charge is -2.33. The van der Waals surface area contributed by atoms with E-state index in [-0.39, 0.29) is 24.3 Å². The number of ether oxygens (including phenoxy) is 1. The normalized spacial score (nSPS) is 19.6. The van der Waals surface area contributed by atoms with Crippen LogP contribution in [0.1, 0.15) is 30.1 Å². The Bertz CT molecular complexity index is 626. The van der Waals surface area contributed by atoms with Gasteiger partial charge in [-0.3, -0.25) is 9.59 Å². The number of rotatable bonds is 3. The van der Waals surface area contributed by atoms with Crippen LogP contribution in [0, 0.1) is 0 Å². The molecule has 0 radical (unpaired) electrons. The maximum atomic E-state index is 12.0. The van der Waals surface area contributed by atoms with Gasteiger partial charge in [0.15, 0.2) is 5.78 Å². The predicted molar refractivity (Wildman–Crippen MR) is 76.4 cm³/mol. The minimum atomic E-state index is -0.564. The van der Waals surface area contributed by atoms with Crippen molar-refractivity contribution in [2.45, 2.75) is 25.8 Å². The first-order chi connectivity index (χ1) is 10.1. The second-order valence-electron chi connectivity index (χ2n) is 5.35. The lowest BCUT2D eigenvalue weighted by molar-refractivity contribution is -0.120. The molecule has 1 amide bonds. The molecule has 0 spiro atoms. The third-order valence-electron chi connectivity index (χ3n) is 3.76. The number of fused-ring (bicyclic) bond motifs is 3. The fraction of sp³-hybridized carbons (Fsp3) is 0.400. The molecule has 0 bridgehead atoms. The van der Waals surface area contributed by atoms with E-state index >= 15 is 0 Å². The zero-order chi connectivity index (χ0) is 15.0. The van der Waals surface area contributed by atoms with Crippen molar-refractivity contribution >= 4 is 29.0 Å². The van der Waals surface area contributed by atoms with Gasteiger partial charge in [-0.2, -0.15) is 0 Å². The first-order valence-corrected chi connectivity index (χ1v) is 6.94. The number of hydrogen-bond acceptors (Lipinski definition) is 5. The Morgan fingerprint density at radius 3 is 3.00 bits per heavy atom. The molecule has 2 aliphatic heterocycles. The van der Waals surface area contributed by atoms with E-state index in [1.165, 1.54) is 6.92 Å². The smallest absolute Gasteiger partial charge is 0.338 e. The van der Waals surface area contributed by atoms with Crippen molar-refractivity contribution in [2.75, 3.05) is 23.4 Å². The van der Waals surface area contributed by atoms with Crippen molar-refractivity contribution in [3.8, 4) is 0 Å². The quantitative estimate of drug-likeness (QED) is 0.850. The van der Waals surface area contributed by atoms with E-state index in [9.17, 15) is 14.4 Å². The third-order valence-corrected chi connectivity index (χ3v) is 3.76. The van der Waals surface area contributed by atoms with Crippen LogP contribution in [0.4, 0.5) is 11.4 Å². The summed E-state index contributed by atoms with van der Waals surface area (Å²) in [5, 5.41) is 2.84. The molecule has 110 valence electrons. The third kappa shape index (κ3) is 2.49. The van der Waals surface area contributed by atoms with E-state index in [0.717, 1.165) is 25.1 Å². The van der Waals surface area contributed by atoms with E-state index in [4.69, 9.17) is 4.74 Å². The molecule has 1 saturated heterocycles. The van der Waals surface area contributed by atoms with Crippen LogP contribution in [0.15, 0.2) is 18.2 Å². The minimum Gasteiger partial charge on any atom is -0.454 e. The number of carbonyl (C=O) groups excluding carboxylic acids is 3. The SMILES string of the molecule is CC(=O)COC(=O)c1ccc2c(c1)NC(=O)[C@H]1CCCN21. The molecule has 2 aliphatic rings. The largest absolute Gasteiger partial charge is 0.454 e. The van der Waals surface area contributed by atoms with Crippen LogP contribution in [-0.4, -0.2) is 36.9 Å². The number of nitrogens with one attached hydrogen (secondary N) is 1. The topological polar surface area (TPSA) is 75.7 Å². The zero-order valence-corrected chi connectivity index (χ0v) is 11.7. The second kappa shape index (κ2) is 5.20. The molecular formula is C15H16N2O4. The molecule has 2 heterocycles. The molecule has 21 heavy (non-hydrogen) atoms. The highest BCUT2D eigenvalue weighted by molar-refractivity contribution is 6.05. The van der Waals surface area contributed by atoms with Crippen molar-refractivity contribution in [3.63, 3.8) is 0 Å². The van der Waals surface area contributed by atoms with E-state index in [1.807, 2.05) is 6.07 Å². The molecule has 1 N–H and O–H groups in total. The first kappa shape index (κ1) is 13.6. The molecule has 0 aromatic heterocycles. The van der Waals surface area contributed by atoms with Gasteiger partial charge in [0, 0.05) is 6.54 Å². The highest BCUT2D eigenvalue weighted by atomic mass is 16.5. The summed E-state index contributed by atoms with van der Waals surface area (Å²) in [6.07, 6.45) is 1.84. The average molecular weight is 288 g/mol. The molecular weight excluding hydrogens is 272 g/mol. The number of nitrogens with zero attached hydrogens (tertiary/aromatic N) is 1. The molecule has 6 nitrogen and oxygen atoms in total. The molecule has 1 aromatic rings. The van der Waals surface area contributed by atoms with Gasteiger partial charge in [-0.25, -0.2) is 4.79 Å². The van der Waals surface area contributed by atoms with Gasteiger partial charge in [0.05, 0.1) is 16.9 Å². The maximum Gasteiger partial charge on any atom is 0.338 e. The number of ketones is 1. The van der Waals surface area contributed by atoms with Crippen LogP contribution >= 0.6 is 0 Å². The van der Waals surface area contributed by atoms with Gasteiger partial charge in [0.1, 0.15) is 12.6 Å². The molecule has 1 atom stereocenters. The summed E-state index contributed by atoms with van der Waals surface area (Å²) in [5.74, 6) is -0.811. The Kier molecular flexibility index (Phi) is 3.37. The molecule has 0 saturated carbocycles. The standard InChI is InChI=1S/C15H16N2O4/c1-9(18)8-21-15(20)10-4-5-12-11(7-10)16-14(19)13-3-2-6-17(12)13/h4-5,7,13H,2-3,6,8H2,1H3,(H,16,19)/t13-/m1/s1. The van der Waals surface area contributed by atoms with Crippen LogP contribution < -0.4 is 10.2 Å². The number of amides is 1. The van der Waals surface area contributed by atoms with Gasteiger partial charge < -0.3 is 15.0 Å². The average Bonchev–Trinajstić information content (AvgIpc) is 2.94. The predicted octanol–water partition coefficient (Wildman–Crippen LogP) is 1.35. The fourth-order valence-corrected chi connectivity index (χ4v) is 2.81. The van der Waals surface area contributed by atoms with Crippen molar-refractivity contribution in [1.82, 2.24) is 0 Å². The summed E-state index contributed by atoms with van der Waals surface area (Å²) in [6.45, 7) is 1.96. The summed E-state index contributed by atoms with van der Waals surface area (Å²) < 4.78 is 4.88. The number of anilines is 2. The second-order valence-corrected chi connectivity index (χ2v) is 5.35. The van der Waals surface area contributed by atoms with E-state index in [1.54, 1.807) is 12.1 Å². The van der Waals surface area contributed by atoms with Gasteiger partial charge in [-0.1, -0.05) is 0 Å². The highest BCUT2D eigenvalue weighted by Crippen LogP contribution is 2.37. The van der Waals surface area contributed by atoms with Gasteiger partial charge in [-0.15, -0.1) is 0 Å². The molecule has 3 rings (SSSR count). The summed E-state index contributed by atoms with van der Waals surface area (Å²) in [5.41, 5.74) is 1.88. The molecule has 0 unspecified atom stereocenters. The Morgan fingerprint density at radius 2 is 2.24 bits per heavy atom. The highest BCUT2D eigenvalue weighted by Gasteiger charge is 2.36. The Hall–Kier alpha value is -2.37. The van der Waals surface area contributed by atoms with Crippen molar-refractivity contribution < 1.29 is 19.1 Å². The fourth-order valence-electron chi connectivity index (χ4n) is 2.81. The van der Waals surface area contributed by atoms with E-state index < -0.39 is 5.97 Å². The van der Waals surface area contributed by atoms with Gasteiger partial charge in [-0.05, 0) is 38.0 Å². The van der Waals surface area contributed by atoms with Crippen LogP contribution in [-0.2, 0) is 14.3 Å². The van der Waals surface area contributed by atoms with E-state index in [0.29, 0.717) is 11.3 Å². The van der Waals surface area contributed by atoms with Crippen molar-refractivity contribution in [3.05, 3.63) is 23.8 Å². The number of carbonyl (C=O) groups is 3. The Balaban J connectivity index is 1.85. The Morgan fingerprint density at radius 1 is 1.43 bits per heavy atom. The summed E-state index contributed by atoms with van der Waals surface area (Å²) >= 11 is 0. The number of benzene rings is 1. The maximum absolute atomic E-state index is 12.0. The molecule has 1 aromatic carbocycles. The van der Waals surface area contributed by atoms with Gasteiger partial charge in [0.2, 0.25) is 5.91 Å². The monoisotopic (exact) mass is 288 g/mol. The minimum absolute atomic E-state index is 0.0331. The zero-order valence-electron chi connectivity index (χ0n) is 11.7. The van der Waals surface area contributed by atoms with Crippen LogP contribution in [0.5, 0.6) is 0 Å². The van der Waals surface area contributed by atoms with Gasteiger partial charge in [0.25, 0.3) is 0 Å². The Labute approximate surface area is 122 Å². The molecule has 6 heteroatoms. The van der Waals surface area contributed by atoms with Crippen molar-refractivity contribution in [2.24, 2.45) is 0 Å². The van der Waals surface area contributed by atoms with E-state index in [2.05, 4.69) is 10.2 Å². The summed E-state index contributed by atoms with van der Waals surface area (Å²) in [6, 6.07) is 4.98. The number of esters is 1. The van der Waals surface area contributed by atoms with Crippen LogP contribution in [0.3, 0.4) is 0 Å². The number of Topliss-reactive ketones (excluding diaryl/α,β-unsaturated/α-hetero) is 1. The van der Waals surface area contributed by atoms with Crippen molar-refractivity contribution in [1.29, 1.82) is 0 Å². The van der Waals surface area contributed by atoms with Gasteiger partial charge >= 0.3 is 5.97 Å². The molecule has 0 aliphatic carbocycles. The lowest BCUT2D eigenvalue weighted by Crippen LogP contribution is -2.43. The summed E-state index contributed by atoms with van der Waals surface area (Å²) in [4.78, 5) is 36.8. The molecule has 1 fully saturated rings. The van der Waals surface area contributed by atoms with Crippen LogP contribution in [0.25, 0.3) is 0 Å². The van der Waals surface area contributed by atoms with Crippen LogP contribution in [0.2, 0.25) is 0 Å². The lowest BCUT2D eigenvalue weighted by atomic mass is 10.1. The summed E-state index contributed by atoms with van der Waals surface area (Å²) in [7, 11) is 0. The number of hydrogen-bond donors (Lipinski definition) is 1. The first-order valence-electron chi connectivity index (χ1n) is 6.94.